The maximum Gasteiger partial charge on any atom is 0.327 e. The van der Waals surface area contributed by atoms with Gasteiger partial charge in [0.15, 0.2) is 15.4 Å². The molecule has 0 bridgehead atoms. The van der Waals surface area contributed by atoms with Crippen molar-refractivity contribution in [2.24, 2.45) is 0 Å². The van der Waals surface area contributed by atoms with Crippen molar-refractivity contribution < 1.29 is 24.2 Å². The number of nitrogens with one attached hydrogen (secondary N) is 3. The van der Waals surface area contributed by atoms with Gasteiger partial charge in [-0.3, -0.25) is 24.5 Å². The van der Waals surface area contributed by atoms with Crippen molar-refractivity contribution in [1.82, 2.24) is 14.8 Å². The van der Waals surface area contributed by atoms with Gasteiger partial charge in [-0.1, -0.05) is 12.6 Å². The Morgan fingerprint density at radius 1 is 1.14 bits per heavy atom. The fourth-order valence-corrected chi connectivity index (χ4v) is 4.51. The van der Waals surface area contributed by atoms with Crippen LogP contribution in [0, 0.1) is 9.54 Å². The van der Waals surface area contributed by atoms with Gasteiger partial charge < -0.3 is 19.9 Å². The Hall–Kier alpha value is -4.16. The monoisotopic (exact) mass is 525 g/mol. The van der Waals surface area contributed by atoms with Crippen LogP contribution in [0.15, 0.2) is 66.8 Å². The molecule has 1 aliphatic rings. The van der Waals surface area contributed by atoms with Crippen LogP contribution in [0.4, 0.5) is 11.4 Å². The summed E-state index contributed by atoms with van der Waals surface area (Å²) in [4.78, 5) is 26.6. The molecule has 2 aromatic carbocycles. The first-order chi connectivity index (χ1) is 17.2. The first kappa shape index (κ1) is 24.9. The zero-order chi connectivity index (χ0) is 26.0. The number of amides is 1. The van der Waals surface area contributed by atoms with E-state index in [1.807, 2.05) is 6.07 Å². The quantitative estimate of drug-likeness (QED) is 0.195. The van der Waals surface area contributed by atoms with Crippen LogP contribution in [0.1, 0.15) is 15.9 Å². The minimum Gasteiger partial charge on any atom is -0.497 e. The van der Waals surface area contributed by atoms with E-state index < -0.39 is 12.0 Å². The number of carbonyl (C=O) groups excluding carboxylic acids is 1. The van der Waals surface area contributed by atoms with Crippen LogP contribution in [0.25, 0.3) is 5.69 Å². The highest BCUT2D eigenvalue weighted by atomic mass is 32.1. The molecule has 0 saturated heterocycles. The molecular formula is C24H23N5O5S2. The SMILES string of the molecule is C=C(/C=C(\OC)N1c2ccc(C(=O)Nc3cccc(-n4c(=S)[nH][nH]c4=S)c3)cc2CC1C(=O)O)OC. The number of hydrogen-bond donors (Lipinski definition) is 4. The lowest BCUT2D eigenvalue weighted by molar-refractivity contribution is -0.138. The summed E-state index contributed by atoms with van der Waals surface area (Å²) in [6.45, 7) is 3.75. The van der Waals surface area contributed by atoms with Crippen molar-refractivity contribution in [2.45, 2.75) is 12.5 Å². The zero-order valence-electron chi connectivity index (χ0n) is 19.4. The van der Waals surface area contributed by atoms with Crippen LogP contribution in [0.2, 0.25) is 0 Å². The smallest absolute Gasteiger partial charge is 0.327 e. The number of carboxylic acid groups (broad SMARTS) is 1. The lowest BCUT2D eigenvalue weighted by Gasteiger charge is -2.26. The van der Waals surface area contributed by atoms with E-state index in [0.717, 1.165) is 0 Å². The van der Waals surface area contributed by atoms with Crippen molar-refractivity contribution in [3.8, 4) is 5.69 Å². The molecule has 36 heavy (non-hydrogen) atoms. The highest BCUT2D eigenvalue weighted by molar-refractivity contribution is 7.72. The number of benzene rings is 2. The van der Waals surface area contributed by atoms with Gasteiger partial charge >= 0.3 is 5.97 Å². The number of carboxylic acids is 1. The Morgan fingerprint density at radius 2 is 1.86 bits per heavy atom. The fourth-order valence-electron chi connectivity index (χ4n) is 3.96. The minimum absolute atomic E-state index is 0.186. The van der Waals surface area contributed by atoms with E-state index in [9.17, 15) is 14.7 Å². The van der Waals surface area contributed by atoms with Gasteiger partial charge in [-0.25, -0.2) is 4.79 Å². The molecular weight excluding hydrogens is 502 g/mol. The number of aliphatic carboxylic acids is 1. The second-order valence-corrected chi connectivity index (χ2v) is 8.60. The van der Waals surface area contributed by atoms with Crippen LogP contribution >= 0.6 is 24.4 Å². The van der Waals surface area contributed by atoms with Gasteiger partial charge in [-0.15, -0.1) is 0 Å². The van der Waals surface area contributed by atoms with Gasteiger partial charge in [0.1, 0.15) is 11.8 Å². The molecule has 10 nitrogen and oxygen atoms in total. The molecule has 0 saturated carbocycles. The highest BCUT2D eigenvalue weighted by Crippen LogP contribution is 2.36. The van der Waals surface area contributed by atoms with E-state index in [0.29, 0.717) is 43.5 Å². The number of H-pyrrole nitrogens is 2. The van der Waals surface area contributed by atoms with E-state index in [4.69, 9.17) is 33.9 Å². The Bertz CT molecular complexity index is 1480. The van der Waals surface area contributed by atoms with E-state index in [1.54, 1.807) is 45.9 Å². The van der Waals surface area contributed by atoms with Crippen LogP contribution in [0.3, 0.4) is 0 Å². The third kappa shape index (κ3) is 4.81. The Morgan fingerprint density at radius 3 is 2.50 bits per heavy atom. The van der Waals surface area contributed by atoms with E-state index in [2.05, 4.69) is 22.1 Å². The zero-order valence-corrected chi connectivity index (χ0v) is 21.0. The van der Waals surface area contributed by atoms with Gasteiger partial charge in [0.05, 0.1) is 19.9 Å². The summed E-state index contributed by atoms with van der Waals surface area (Å²) in [5, 5.41) is 18.3. The highest BCUT2D eigenvalue weighted by Gasteiger charge is 2.37. The number of hydrogen-bond acceptors (Lipinski definition) is 7. The Kier molecular flexibility index (Phi) is 7.08. The molecule has 3 aromatic rings. The molecule has 12 heteroatoms. The average molecular weight is 526 g/mol. The lowest BCUT2D eigenvalue weighted by Crippen LogP contribution is -2.38. The summed E-state index contributed by atoms with van der Waals surface area (Å²) in [7, 11) is 2.90. The predicted octanol–water partition coefficient (Wildman–Crippen LogP) is 4.31. The van der Waals surface area contributed by atoms with Gasteiger partial charge in [0.2, 0.25) is 0 Å². The second kappa shape index (κ2) is 10.2. The molecule has 1 amide bonds. The summed E-state index contributed by atoms with van der Waals surface area (Å²) in [6, 6.07) is 11.2. The number of methoxy groups -OCH3 is 2. The van der Waals surface area contributed by atoms with Crippen LogP contribution in [-0.2, 0) is 20.7 Å². The Labute approximate surface area is 216 Å². The average Bonchev–Trinajstić information content (AvgIpc) is 3.41. The number of allylic oxidation sites excluding steroid dienone is 1. The summed E-state index contributed by atoms with van der Waals surface area (Å²) in [5.74, 6) is -0.798. The molecule has 1 unspecified atom stereocenters. The van der Waals surface area contributed by atoms with E-state index >= 15 is 0 Å². The standard InChI is InChI=1S/C24H23N5O5S2/c1-13(33-2)9-20(34-3)29-18-8-7-14(10-15(18)11-19(29)22(31)32)21(30)25-16-5-4-6-17(12-16)28-23(35)26-27-24(28)36/h4-10,12,19H,1,11H2,2-3H3,(H,25,30)(H,26,35)(H,27,36)(H,31,32)/b20-9-. The second-order valence-electron chi connectivity index (χ2n) is 7.83. The molecule has 0 radical (unpaired) electrons. The fraction of sp³-hybridized carbons (Fsp3) is 0.167. The molecule has 0 spiro atoms. The molecule has 2 heterocycles. The van der Waals surface area contributed by atoms with Gasteiger partial charge in [-0.2, -0.15) is 0 Å². The van der Waals surface area contributed by atoms with Crippen molar-refractivity contribution in [3.63, 3.8) is 0 Å². The van der Waals surface area contributed by atoms with E-state index in [-0.39, 0.29) is 18.2 Å². The molecule has 1 aromatic heterocycles. The number of ether oxygens (including phenoxy) is 2. The van der Waals surface area contributed by atoms with Gasteiger partial charge in [-0.05, 0) is 66.4 Å². The molecule has 1 aliphatic heterocycles. The predicted molar refractivity (Wildman–Crippen MR) is 139 cm³/mol. The molecule has 0 fully saturated rings. The Balaban J connectivity index is 1.62. The number of carbonyl (C=O) groups is 2. The molecule has 186 valence electrons. The van der Waals surface area contributed by atoms with E-state index in [1.165, 1.54) is 20.3 Å². The van der Waals surface area contributed by atoms with Crippen LogP contribution in [-0.4, -0.2) is 52.0 Å². The summed E-state index contributed by atoms with van der Waals surface area (Å²) in [6.07, 6.45) is 1.70. The van der Waals surface area contributed by atoms with Gasteiger partial charge in [0, 0.05) is 29.4 Å². The topological polar surface area (TPSA) is 125 Å². The summed E-state index contributed by atoms with van der Waals surface area (Å²) < 4.78 is 13.0. The number of anilines is 2. The number of nitrogens with zero attached hydrogens (tertiary/aromatic N) is 2. The normalized spacial score (nSPS) is 14.8. The molecule has 0 aliphatic carbocycles. The van der Waals surface area contributed by atoms with Gasteiger partial charge in [0.25, 0.3) is 5.91 Å². The van der Waals surface area contributed by atoms with Crippen molar-refractivity contribution in [1.29, 1.82) is 0 Å². The number of aromatic amines is 2. The molecule has 1 atom stereocenters. The molecule has 4 rings (SSSR count). The number of fused-ring (bicyclic) bond motifs is 1. The third-order valence-corrected chi connectivity index (χ3v) is 6.22. The molecule has 4 N–H and O–H groups in total. The minimum atomic E-state index is -1.03. The first-order valence-corrected chi connectivity index (χ1v) is 11.5. The number of rotatable bonds is 8. The van der Waals surface area contributed by atoms with Crippen molar-refractivity contribution >= 4 is 47.7 Å². The van der Waals surface area contributed by atoms with Crippen LogP contribution < -0.4 is 10.2 Å². The third-order valence-electron chi connectivity index (χ3n) is 5.65. The van der Waals surface area contributed by atoms with Crippen molar-refractivity contribution in [2.75, 3.05) is 24.4 Å². The maximum absolute atomic E-state index is 13.1. The maximum atomic E-state index is 13.1. The lowest BCUT2D eigenvalue weighted by atomic mass is 10.1. The number of aromatic nitrogens is 3. The van der Waals surface area contributed by atoms with Crippen LogP contribution in [0.5, 0.6) is 0 Å². The first-order valence-electron chi connectivity index (χ1n) is 10.7. The van der Waals surface area contributed by atoms with Crippen molar-refractivity contribution in [3.05, 3.63) is 87.4 Å². The largest absolute Gasteiger partial charge is 0.497 e. The summed E-state index contributed by atoms with van der Waals surface area (Å²) in [5.41, 5.74) is 2.92. The summed E-state index contributed by atoms with van der Waals surface area (Å²) >= 11 is 10.5.